The number of fused-ring (bicyclic) bond motifs is 1. The highest BCUT2D eigenvalue weighted by Crippen LogP contribution is 2.28. The quantitative estimate of drug-likeness (QED) is 0.697. The average molecular weight is 369 g/mol. The number of likely N-dealkylation sites (tertiary alicyclic amines) is 1. The number of nitrogens with zero attached hydrogens (tertiary/aromatic N) is 4. The minimum Gasteiger partial charge on any atom is -0.342 e. The lowest BCUT2D eigenvalue weighted by Crippen LogP contribution is -2.38. The molecule has 3 aromatic rings. The number of imidazole rings is 1. The van der Waals surface area contributed by atoms with Gasteiger partial charge in [0.25, 0.3) is 0 Å². The molecule has 0 N–H and O–H groups in total. The molecule has 134 valence electrons. The summed E-state index contributed by atoms with van der Waals surface area (Å²) in [6.45, 7) is 3.53. The fraction of sp³-hybridized carbons (Fsp3) is 0.350. The van der Waals surface area contributed by atoms with Crippen LogP contribution in [0.5, 0.6) is 0 Å². The van der Waals surface area contributed by atoms with E-state index in [1.54, 1.807) is 0 Å². The van der Waals surface area contributed by atoms with Gasteiger partial charge in [-0.05, 0) is 37.1 Å². The number of hydrogen-bond acceptors (Lipinski definition) is 3. The van der Waals surface area contributed by atoms with Crippen LogP contribution in [0, 0.1) is 0 Å². The Balaban J connectivity index is 1.66. The van der Waals surface area contributed by atoms with E-state index in [1.165, 1.54) is 0 Å². The minimum absolute atomic E-state index is 0.224. The van der Waals surface area contributed by atoms with E-state index in [1.807, 2.05) is 52.9 Å². The smallest absolute Gasteiger partial charge is 0.222 e. The van der Waals surface area contributed by atoms with E-state index < -0.39 is 0 Å². The zero-order chi connectivity index (χ0) is 18.1. The number of piperidine rings is 1. The summed E-state index contributed by atoms with van der Waals surface area (Å²) in [5.41, 5.74) is 3.67. The van der Waals surface area contributed by atoms with E-state index in [4.69, 9.17) is 16.6 Å². The third-order valence-corrected chi connectivity index (χ3v) is 5.22. The largest absolute Gasteiger partial charge is 0.342 e. The first-order valence-corrected chi connectivity index (χ1v) is 9.41. The molecule has 0 saturated carbocycles. The van der Waals surface area contributed by atoms with Gasteiger partial charge in [0, 0.05) is 37.3 Å². The predicted molar refractivity (Wildman–Crippen MR) is 102 cm³/mol. The van der Waals surface area contributed by atoms with Crippen LogP contribution in [0.2, 0.25) is 5.02 Å². The molecular formula is C20H21ClN4O. The van der Waals surface area contributed by atoms with Crippen LogP contribution in [-0.4, -0.2) is 38.3 Å². The van der Waals surface area contributed by atoms with Gasteiger partial charge in [-0.15, -0.1) is 0 Å². The van der Waals surface area contributed by atoms with Crippen molar-refractivity contribution in [3.05, 3.63) is 53.4 Å². The zero-order valence-corrected chi connectivity index (χ0v) is 15.5. The third kappa shape index (κ3) is 3.19. The SMILES string of the molecule is CCC(=O)N1CCCC(c2cccc(-c3cnc4ccc(Cl)cn34)n2)C1. The standard InChI is InChI=1S/C20H21ClN4O/c1-2-20(26)24-10-4-5-14(12-24)16-6-3-7-17(23-16)18-11-22-19-9-8-15(21)13-25(18)19/h3,6-9,11,13-14H,2,4-5,10,12H2,1H3. The number of carbonyl (C=O) groups excluding carboxylic acids is 1. The molecule has 0 aromatic carbocycles. The minimum atomic E-state index is 0.224. The van der Waals surface area contributed by atoms with Crippen LogP contribution in [-0.2, 0) is 4.79 Å². The highest BCUT2D eigenvalue weighted by atomic mass is 35.5. The fourth-order valence-electron chi connectivity index (χ4n) is 3.63. The second-order valence-electron chi connectivity index (χ2n) is 6.70. The topological polar surface area (TPSA) is 50.5 Å². The van der Waals surface area contributed by atoms with Crippen molar-refractivity contribution in [3.63, 3.8) is 0 Å². The summed E-state index contributed by atoms with van der Waals surface area (Å²) in [7, 11) is 0. The number of pyridine rings is 2. The van der Waals surface area contributed by atoms with E-state index >= 15 is 0 Å². The first-order valence-electron chi connectivity index (χ1n) is 9.03. The molecule has 4 heterocycles. The normalized spacial score (nSPS) is 17.6. The van der Waals surface area contributed by atoms with Gasteiger partial charge < -0.3 is 4.90 Å². The first-order chi connectivity index (χ1) is 12.7. The molecule has 1 fully saturated rings. The fourth-order valence-corrected chi connectivity index (χ4v) is 3.79. The van der Waals surface area contributed by atoms with Crippen LogP contribution in [0.25, 0.3) is 17.0 Å². The van der Waals surface area contributed by atoms with E-state index in [-0.39, 0.29) is 11.8 Å². The summed E-state index contributed by atoms with van der Waals surface area (Å²) in [5.74, 6) is 0.504. The maximum Gasteiger partial charge on any atom is 0.222 e. The predicted octanol–water partition coefficient (Wildman–Crippen LogP) is 4.17. The molecule has 3 aromatic heterocycles. The van der Waals surface area contributed by atoms with Gasteiger partial charge in [-0.3, -0.25) is 14.2 Å². The van der Waals surface area contributed by atoms with Gasteiger partial charge in [-0.25, -0.2) is 4.98 Å². The monoisotopic (exact) mass is 368 g/mol. The van der Waals surface area contributed by atoms with Gasteiger partial charge in [0.05, 0.1) is 22.6 Å². The molecular weight excluding hydrogens is 348 g/mol. The highest BCUT2D eigenvalue weighted by molar-refractivity contribution is 6.30. The van der Waals surface area contributed by atoms with Gasteiger partial charge in [-0.2, -0.15) is 0 Å². The Morgan fingerprint density at radius 1 is 1.31 bits per heavy atom. The van der Waals surface area contributed by atoms with Crippen LogP contribution >= 0.6 is 11.6 Å². The van der Waals surface area contributed by atoms with E-state index in [0.29, 0.717) is 11.4 Å². The highest BCUT2D eigenvalue weighted by Gasteiger charge is 2.25. The Morgan fingerprint density at radius 2 is 2.19 bits per heavy atom. The Kier molecular flexibility index (Phi) is 4.64. The molecule has 6 heteroatoms. The lowest BCUT2D eigenvalue weighted by Gasteiger charge is -2.32. The summed E-state index contributed by atoms with van der Waals surface area (Å²) in [6, 6.07) is 9.81. The molecule has 0 radical (unpaired) electrons. The maximum absolute atomic E-state index is 12.1. The summed E-state index contributed by atoms with van der Waals surface area (Å²) >= 11 is 6.14. The van der Waals surface area contributed by atoms with Gasteiger partial charge in [0.2, 0.25) is 5.91 Å². The van der Waals surface area contributed by atoms with Crippen molar-refractivity contribution in [3.8, 4) is 11.4 Å². The van der Waals surface area contributed by atoms with Crippen molar-refractivity contribution in [2.24, 2.45) is 0 Å². The third-order valence-electron chi connectivity index (χ3n) is 5.00. The summed E-state index contributed by atoms with van der Waals surface area (Å²) in [6.07, 6.45) is 6.32. The summed E-state index contributed by atoms with van der Waals surface area (Å²) in [5, 5.41) is 0.661. The number of rotatable bonds is 3. The van der Waals surface area contributed by atoms with Crippen molar-refractivity contribution < 1.29 is 4.79 Å². The number of halogens is 1. The van der Waals surface area contributed by atoms with Crippen LogP contribution in [0.15, 0.2) is 42.7 Å². The van der Waals surface area contributed by atoms with Crippen molar-refractivity contribution in [1.29, 1.82) is 0 Å². The van der Waals surface area contributed by atoms with Crippen LogP contribution < -0.4 is 0 Å². The number of hydrogen-bond donors (Lipinski definition) is 0. The van der Waals surface area contributed by atoms with Gasteiger partial charge >= 0.3 is 0 Å². The van der Waals surface area contributed by atoms with Gasteiger partial charge in [-0.1, -0.05) is 24.6 Å². The van der Waals surface area contributed by atoms with Crippen molar-refractivity contribution in [1.82, 2.24) is 19.3 Å². The Hall–Kier alpha value is -2.40. The molecule has 1 unspecified atom stereocenters. The molecule has 1 amide bonds. The molecule has 1 saturated heterocycles. The second kappa shape index (κ2) is 7.08. The van der Waals surface area contributed by atoms with Crippen LogP contribution in [0.3, 0.4) is 0 Å². The van der Waals surface area contributed by atoms with Gasteiger partial charge in [0.15, 0.2) is 0 Å². The first kappa shape index (κ1) is 17.0. The summed E-state index contributed by atoms with van der Waals surface area (Å²) in [4.78, 5) is 23.4. The van der Waals surface area contributed by atoms with Crippen LogP contribution in [0.1, 0.15) is 37.8 Å². The Morgan fingerprint density at radius 3 is 3.04 bits per heavy atom. The summed E-state index contributed by atoms with van der Waals surface area (Å²) < 4.78 is 1.96. The molecule has 1 aliphatic heterocycles. The van der Waals surface area contributed by atoms with E-state index in [2.05, 4.69) is 11.1 Å². The molecule has 5 nitrogen and oxygen atoms in total. The Bertz CT molecular complexity index is 952. The maximum atomic E-state index is 12.1. The zero-order valence-electron chi connectivity index (χ0n) is 14.7. The molecule has 4 rings (SSSR count). The average Bonchev–Trinajstić information content (AvgIpc) is 3.10. The van der Waals surface area contributed by atoms with Crippen molar-refractivity contribution in [2.75, 3.05) is 13.1 Å². The van der Waals surface area contributed by atoms with Crippen molar-refractivity contribution in [2.45, 2.75) is 32.1 Å². The number of aromatic nitrogens is 3. The molecule has 0 spiro atoms. The van der Waals surface area contributed by atoms with Gasteiger partial charge in [0.1, 0.15) is 5.65 Å². The molecule has 0 bridgehead atoms. The molecule has 26 heavy (non-hydrogen) atoms. The molecule has 1 atom stereocenters. The number of carbonyl (C=O) groups is 1. The van der Waals surface area contributed by atoms with E-state index in [0.717, 1.165) is 48.7 Å². The molecule has 0 aliphatic carbocycles. The number of amides is 1. The Labute approximate surface area is 157 Å². The lowest BCUT2D eigenvalue weighted by molar-refractivity contribution is -0.132. The van der Waals surface area contributed by atoms with E-state index in [9.17, 15) is 4.79 Å². The molecule has 1 aliphatic rings. The lowest BCUT2D eigenvalue weighted by atomic mass is 9.94. The van der Waals surface area contributed by atoms with Crippen molar-refractivity contribution >= 4 is 23.2 Å². The van der Waals surface area contributed by atoms with Crippen LogP contribution in [0.4, 0.5) is 0 Å². The second-order valence-corrected chi connectivity index (χ2v) is 7.14.